The first-order chi connectivity index (χ1) is 5.86. The Morgan fingerprint density at radius 1 is 1.42 bits per heavy atom. The van der Waals surface area contributed by atoms with Gasteiger partial charge in [0.2, 0.25) is 0 Å². The first kappa shape index (κ1) is 8.59. The summed E-state index contributed by atoms with van der Waals surface area (Å²) < 4.78 is 0. The first-order valence-corrected chi connectivity index (χ1v) is 4.04. The second-order valence-corrected chi connectivity index (χ2v) is 2.10. The highest BCUT2D eigenvalue weighted by atomic mass is 15.6. The van der Waals surface area contributed by atoms with Crippen LogP contribution in [0, 0.1) is 0 Å². The van der Waals surface area contributed by atoms with Crippen molar-refractivity contribution in [2.75, 3.05) is 0 Å². The van der Waals surface area contributed by atoms with Gasteiger partial charge in [0.05, 0.1) is 0 Å². The maximum absolute atomic E-state index is 4.11. The zero-order valence-electron chi connectivity index (χ0n) is 7.41. The van der Waals surface area contributed by atoms with Gasteiger partial charge in [-0.25, -0.2) is 10.0 Å². The fourth-order valence-electron chi connectivity index (χ4n) is 0.922. The molecule has 0 fully saturated rings. The summed E-state index contributed by atoms with van der Waals surface area (Å²) in [5, 5.41) is 1.82. The van der Waals surface area contributed by atoms with Crippen molar-refractivity contribution in [1.29, 1.82) is 0 Å². The Kier molecular flexibility index (Phi) is 2.69. The molecule has 0 amide bonds. The Morgan fingerprint density at radius 3 is 2.83 bits per heavy atom. The number of hydrogen-bond donors (Lipinski definition) is 1. The second-order valence-electron chi connectivity index (χ2n) is 2.10. The van der Waals surface area contributed by atoms with Crippen LogP contribution in [0.1, 0.15) is 13.8 Å². The topological polar surface area (TPSA) is 27.6 Å². The number of hydrogen-bond acceptors (Lipinski definition) is 3. The van der Waals surface area contributed by atoms with Crippen molar-refractivity contribution in [2.45, 2.75) is 13.8 Å². The third-order valence-corrected chi connectivity index (χ3v) is 1.34. The van der Waals surface area contributed by atoms with Crippen LogP contribution < -0.4 is 5.43 Å². The van der Waals surface area contributed by atoms with Crippen molar-refractivity contribution in [3.8, 4) is 0 Å². The lowest BCUT2D eigenvalue weighted by atomic mass is 10.4. The minimum absolute atomic E-state index is 0.686. The average Bonchev–Trinajstić information content (AvgIpc) is 2.48. The van der Waals surface area contributed by atoms with Gasteiger partial charge in [-0.1, -0.05) is 26.5 Å². The van der Waals surface area contributed by atoms with E-state index in [4.69, 9.17) is 0 Å². The molecule has 0 spiro atoms. The zero-order valence-corrected chi connectivity index (χ0v) is 7.41. The molecule has 0 unspecified atom stereocenters. The number of nitrogens with zero attached hydrogens (tertiary/aromatic N) is 2. The minimum Gasteiger partial charge on any atom is -0.277 e. The molecule has 0 radical (unpaired) electrons. The highest BCUT2D eigenvalue weighted by molar-refractivity contribution is 5.96. The Bertz CT molecular complexity index is 261. The first-order valence-electron chi connectivity index (χ1n) is 4.04. The third kappa shape index (κ3) is 1.56. The Morgan fingerprint density at radius 2 is 2.17 bits per heavy atom. The summed E-state index contributed by atoms with van der Waals surface area (Å²) in [7, 11) is 0. The van der Waals surface area contributed by atoms with Gasteiger partial charge in [0.15, 0.2) is 5.84 Å². The summed E-state index contributed by atoms with van der Waals surface area (Å²) in [4.78, 5) is 4.11. The second kappa shape index (κ2) is 3.76. The lowest BCUT2D eigenvalue weighted by molar-refractivity contribution is 0.489. The van der Waals surface area contributed by atoms with Crippen LogP contribution >= 0.6 is 0 Å². The number of nitrogens with one attached hydrogen (secondary N) is 1. The summed E-state index contributed by atoms with van der Waals surface area (Å²) in [5.41, 5.74) is 2.95. The van der Waals surface area contributed by atoms with E-state index in [0.717, 1.165) is 5.84 Å². The quantitative estimate of drug-likeness (QED) is 0.589. The maximum Gasteiger partial charge on any atom is 0.153 e. The molecule has 3 heteroatoms. The van der Waals surface area contributed by atoms with Crippen LogP contribution in [0.25, 0.3) is 0 Å². The Hall–Kier alpha value is -1.51. The fraction of sp³-hybridized carbons (Fsp3) is 0.222. The largest absolute Gasteiger partial charge is 0.277 e. The molecule has 0 saturated heterocycles. The lowest BCUT2D eigenvalue weighted by Gasteiger charge is -2.14. The molecule has 2 aliphatic rings. The molecular formula is C9H13N3. The van der Waals surface area contributed by atoms with Crippen molar-refractivity contribution < 1.29 is 0 Å². The Labute approximate surface area is 72.8 Å². The summed E-state index contributed by atoms with van der Waals surface area (Å²) in [6.45, 7) is 7.67. The molecular weight excluding hydrogens is 150 g/mol. The number of allylic oxidation sites excluding steroid dienone is 2. The van der Waals surface area contributed by atoms with Crippen molar-refractivity contribution in [3.05, 3.63) is 36.8 Å². The fourth-order valence-corrected chi connectivity index (χ4v) is 0.922. The molecule has 0 bridgehead atoms. The SMILES string of the molecule is C=C1N=C2C=CC=CN2N1.CC. The van der Waals surface area contributed by atoms with Crippen LogP contribution in [0.4, 0.5) is 0 Å². The highest BCUT2D eigenvalue weighted by Gasteiger charge is 2.14. The van der Waals surface area contributed by atoms with E-state index in [1.807, 2.05) is 43.3 Å². The van der Waals surface area contributed by atoms with Crippen LogP contribution in [0.3, 0.4) is 0 Å². The average molecular weight is 163 g/mol. The van der Waals surface area contributed by atoms with E-state index < -0.39 is 0 Å². The number of rotatable bonds is 0. The van der Waals surface area contributed by atoms with Crippen molar-refractivity contribution in [1.82, 2.24) is 10.4 Å². The minimum atomic E-state index is 0.686. The van der Waals surface area contributed by atoms with E-state index in [9.17, 15) is 0 Å². The number of fused-ring (bicyclic) bond motifs is 1. The van der Waals surface area contributed by atoms with E-state index in [0.29, 0.717) is 5.82 Å². The van der Waals surface area contributed by atoms with Gasteiger partial charge in [-0.3, -0.25) is 5.43 Å². The van der Waals surface area contributed by atoms with Gasteiger partial charge in [-0.15, -0.1) is 0 Å². The Balaban J connectivity index is 0.000000336. The van der Waals surface area contributed by atoms with E-state index in [1.165, 1.54) is 0 Å². The number of aliphatic imine (C=N–C) groups is 1. The lowest BCUT2D eigenvalue weighted by Crippen LogP contribution is -2.30. The van der Waals surface area contributed by atoms with Crippen molar-refractivity contribution in [2.24, 2.45) is 4.99 Å². The maximum atomic E-state index is 4.11. The molecule has 2 rings (SSSR count). The molecule has 0 aliphatic carbocycles. The number of amidine groups is 1. The molecule has 0 aromatic heterocycles. The summed E-state index contributed by atoms with van der Waals surface area (Å²) >= 11 is 0. The molecule has 0 atom stereocenters. The summed E-state index contributed by atoms with van der Waals surface area (Å²) in [6, 6.07) is 0. The monoisotopic (exact) mass is 163 g/mol. The van der Waals surface area contributed by atoms with Crippen molar-refractivity contribution >= 4 is 5.84 Å². The van der Waals surface area contributed by atoms with E-state index >= 15 is 0 Å². The van der Waals surface area contributed by atoms with Gasteiger partial charge in [-0.05, 0) is 12.2 Å². The van der Waals surface area contributed by atoms with Crippen LogP contribution in [-0.4, -0.2) is 10.8 Å². The van der Waals surface area contributed by atoms with Crippen LogP contribution in [-0.2, 0) is 0 Å². The van der Waals surface area contributed by atoms with Gasteiger partial charge in [-0.2, -0.15) is 0 Å². The molecule has 0 saturated carbocycles. The van der Waals surface area contributed by atoms with E-state index in [1.54, 1.807) is 0 Å². The predicted octanol–water partition coefficient (Wildman–Crippen LogP) is 1.79. The van der Waals surface area contributed by atoms with Crippen LogP contribution in [0.5, 0.6) is 0 Å². The molecule has 2 heterocycles. The normalized spacial score (nSPS) is 17.7. The zero-order chi connectivity index (χ0) is 8.97. The highest BCUT2D eigenvalue weighted by Crippen LogP contribution is 2.09. The predicted molar refractivity (Wildman–Crippen MR) is 51.2 cm³/mol. The van der Waals surface area contributed by atoms with Gasteiger partial charge in [0.1, 0.15) is 5.82 Å². The molecule has 0 aromatic rings. The standard InChI is InChI=1S/C7H7N3.C2H6/c1-6-8-7-4-2-3-5-10(7)9-6;1-2/h2-5,9H,1H2;1-2H3. The van der Waals surface area contributed by atoms with Gasteiger partial charge in [0, 0.05) is 6.20 Å². The van der Waals surface area contributed by atoms with E-state index in [-0.39, 0.29) is 0 Å². The van der Waals surface area contributed by atoms with Crippen molar-refractivity contribution in [3.63, 3.8) is 0 Å². The molecule has 0 aromatic carbocycles. The molecule has 12 heavy (non-hydrogen) atoms. The van der Waals surface area contributed by atoms with Gasteiger partial charge in [0.25, 0.3) is 0 Å². The van der Waals surface area contributed by atoms with Crippen LogP contribution in [0.15, 0.2) is 41.8 Å². The number of hydrazine groups is 1. The summed E-state index contributed by atoms with van der Waals surface area (Å²) in [6.07, 6.45) is 7.70. The third-order valence-electron chi connectivity index (χ3n) is 1.34. The molecule has 3 nitrogen and oxygen atoms in total. The van der Waals surface area contributed by atoms with Crippen LogP contribution in [0.2, 0.25) is 0 Å². The van der Waals surface area contributed by atoms with Gasteiger partial charge < -0.3 is 0 Å². The van der Waals surface area contributed by atoms with Gasteiger partial charge >= 0.3 is 0 Å². The molecule has 2 aliphatic heterocycles. The molecule has 1 N–H and O–H groups in total. The molecule has 64 valence electrons. The smallest absolute Gasteiger partial charge is 0.153 e. The van der Waals surface area contributed by atoms with E-state index in [2.05, 4.69) is 17.0 Å². The summed E-state index contributed by atoms with van der Waals surface area (Å²) in [5.74, 6) is 1.58.